The average Bonchev–Trinajstić information content (AvgIpc) is 2.78. The van der Waals surface area contributed by atoms with Crippen LogP contribution in [-0.2, 0) is 4.79 Å². The molecule has 2 rings (SSSR count). The molecular formula is C14H18ClN3O2. The lowest BCUT2D eigenvalue weighted by Crippen LogP contribution is -2.42. The molecule has 6 heteroatoms. The molecule has 1 heterocycles. The summed E-state index contributed by atoms with van der Waals surface area (Å²) >= 11 is 5.89. The van der Waals surface area contributed by atoms with Crippen LogP contribution in [0.5, 0.6) is 0 Å². The molecule has 1 atom stereocenters. The Kier molecular flexibility index (Phi) is 4.49. The molecule has 1 aromatic rings. The van der Waals surface area contributed by atoms with Gasteiger partial charge in [0.25, 0.3) is 5.91 Å². The number of nitrogen functional groups attached to an aromatic ring is 1. The van der Waals surface area contributed by atoms with Crippen LogP contribution in [0, 0.1) is 0 Å². The van der Waals surface area contributed by atoms with E-state index in [0.717, 1.165) is 13.0 Å². The summed E-state index contributed by atoms with van der Waals surface area (Å²) in [6, 6.07) is 4.81. The van der Waals surface area contributed by atoms with Crippen molar-refractivity contribution in [3.8, 4) is 0 Å². The number of nitrogens with one attached hydrogen (secondary N) is 1. The number of anilines is 1. The van der Waals surface area contributed by atoms with Gasteiger partial charge in [-0.3, -0.25) is 9.59 Å². The molecule has 108 valence electrons. The van der Waals surface area contributed by atoms with Crippen LogP contribution in [-0.4, -0.2) is 35.8 Å². The van der Waals surface area contributed by atoms with Gasteiger partial charge >= 0.3 is 0 Å². The van der Waals surface area contributed by atoms with Crippen molar-refractivity contribution in [2.75, 3.05) is 18.8 Å². The Morgan fingerprint density at radius 2 is 2.30 bits per heavy atom. The van der Waals surface area contributed by atoms with Gasteiger partial charge in [0.05, 0.1) is 16.3 Å². The smallest absolute Gasteiger partial charge is 0.253 e. The number of halogens is 1. The van der Waals surface area contributed by atoms with Gasteiger partial charge in [-0.1, -0.05) is 17.7 Å². The predicted octanol–water partition coefficient (Wildman–Crippen LogP) is 1.66. The summed E-state index contributed by atoms with van der Waals surface area (Å²) in [5.41, 5.74) is 6.42. The van der Waals surface area contributed by atoms with Gasteiger partial charge in [0.2, 0.25) is 5.91 Å². The molecule has 0 saturated carbocycles. The standard InChI is InChI=1S/C14H18ClN3O2/c1-9(8-18-7-3-6-12(18)19)17-14(20)10-4-2-5-11(15)13(10)16/h2,4-5,9H,3,6-8,16H2,1H3,(H,17,20). The minimum Gasteiger partial charge on any atom is -0.397 e. The van der Waals surface area contributed by atoms with E-state index in [1.807, 2.05) is 6.92 Å². The van der Waals surface area contributed by atoms with E-state index in [9.17, 15) is 9.59 Å². The van der Waals surface area contributed by atoms with Crippen molar-refractivity contribution in [1.82, 2.24) is 10.2 Å². The second kappa shape index (κ2) is 6.13. The van der Waals surface area contributed by atoms with E-state index < -0.39 is 0 Å². The number of para-hydroxylation sites is 1. The monoisotopic (exact) mass is 295 g/mol. The van der Waals surface area contributed by atoms with Crippen molar-refractivity contribution < 1.29 is 9.59 Å². The summed E-state index contributed by atoms with van der Waals surface area (Å²) in [6.07, 6.45) is 1.49. The number of rotatable bonds is 4. The molecule has 1 unspecified atom stereocenters. The fourth-order valence-electron chi connectivity index (χ4n) is 2.31. The molecule has 20 heavy (non-hydrogen) atoms. The van der Waals surface area contributed by atoms with Crippen molar-refractivity contribution in [3.05, 3.63) is 28.8 Å². The summed E-state index contributed by atoms with van der Waals surface area (Å²) < 4.78 is 0. The minimum atomic E-state index is -0.274. The SMILES string of the molecule is CC(CN1CCCC1=O)NC(=O)c1cccc(Cl)c1N. The van der Waals surface area contributed by atoms with Crippen LogP contribution in [0.25, 0.3) is 0 Å². The second-order valence-electron chi connectivity index (χ2n) is 5.02. The van der Waals surface area contributed by atoms with Gasteiger partial charge in [0, 0.05) is 25.6 Å². The van der Waals surface area contributed by atoms with Crippen LogP contribution >= 0.6 is 11.6 Å². The number of nitrogens with two attached hydrogens (primary N) is 1. The first-order valence-electron chi connectivity index (χ1n) is 6.61. The van der Waals surface area contributed by atoms with Crippen molar-refractivity contribution in [3.63, 3.8) is 0 Å². The van der Waals surface area contributed by atoms with E-state index >= 15 is 0 Å². The molecule has 1 fully saturated rings. The molecule has 3 N–H and O–H groups in total. The van der Waals surface area contributed by atoms with E-state index in [-0.39, 0.29) is 23.5 Å². The van der Waals surface area contributed by atoms with Gasteiger partial charge in [-0.25, -0.2) is 0 Å². The van der Waals surface area contributed by atoms with Gasteiger partial charge in [0.1, 0.15) is 0 Å². The second-order valence-corrected chi connectivity index (χ2v) is 5.43. The van der Waals surface area contributed by atoms with Crippen LogP contribution in [0.2, 0.25) is 5.02 Å². The minimum absolute atomic E-state index is 0.136. The lowest BCUT2D eigenvalue weighted by molar-refractivity contribution is -0.127. The van der Waals surface area contributed by atoms with Crippen LogP contribution in [0.4, 0.5) is 5.69 Å². The van der Waals surface area contributed by atoms with E-state index in [1.54, 1.807) is 23.1 Å². The summed E-state index contributed by atoms with van der Waals surface area (Å²) in [6.45, 7) is 3.15. The normalized spacial score (nSPS) is 16.3. The van der Waals surface area contributed by atoms with E-state index in [2.05, 4.69) is 5.32 Å². The fraction of sp³-hybridized carbons (Fsp3) is 0.429. The first-order valence-corrected chi connectivity index (χ1v) is 6.99. The van der Waals surface area contributed by atoms with Crippen molar-refractivity contribution in [2.45, 2.75) is 25.8 Å². The third-order valence-corrected chi connectivity index (χ3v) is 3.67. The van der Waals surface area contributed by atoms with E-state index in [0.29, 0.717) is 23.6 Å². The van der Waals surface area contributed by atoms with Crippen molar-refractivity contribution >= 4 is 29.1 Å². The van der Waals surface area contributed by atoms with Gasteiger partial charge in [0.15, 0.2) is 0 Å². The molecule has 0 aliphatic carbocycles. The first kappa shape index (κ1) is 14.7. The number of benzene rings is 1. The van der Waals surface area contributed by atoms with E-state index in [4.69, 9.17) is 17.3 Å². The highest BCUT2D eigenvalue weighted by Crippen LogP contribution is 2.22. The quantitative estimate of drug-likeness (QED) is 0.830. The number of likely N-dealkylation sites (tertiary alicyclic amines) is 1. The Labute approximate surface area is 123 Å². The first-order chi connectivity index (χ1) is 9.49. The summed E-state index contributed by atoms with van der Waals surface area (Å²) in [7, 11) is 0. The number of carbonyl (C=O) groups excluding carboxylic acids is 2. The number of amides is 2. The lowest BCUT2D eigenvalue weighted by atomic mass is 10.1. The summed E-state index contributed by atoms with van der Waals surface area (Å²) in [4.78, 5) is 25.4. The molecular weight excluding hydrogens is 278 g/mol. The molecule has 2 amide bonds. The van der Waals surface area contributed by atoms with Crippen LogP contribution in [0.3, 0.4) is 0 Å². The lowest BCUT2D eigenvalue weighted by Gasteiger charge is -2.22. The van der Waals surface area contributed by atoms with Gasteiger partial charge in [-0.05, 0) is 25.5 Å². The van der Waals surface area contributed by atoms with E-state index in [1.165, 1.54) is 0 Å². The molecule has 5 nitrogen and oxygen atoms in total. The molecule has 1 aliphatic heterocycles. The summed E-state index contributed by atoms with van der Waals surface area (Å²) in [5, 5.41) is 3.20. The fourth-order valence-corrected chi connectivity index (χ4v) is 2.48. The molecule has 1 aromatic carbocycles. The van der Waals surface area contributed by atoms with Gasteiger partial charge < -0.3 is 16.0 Å². The van der Waals surface area contributed by atoms with Crippen molar-refractivity contribution in [2.24, 2.45) is 0 Å². The third-order valence-electron chi connectivity index (χ3n) is 3.34. The Balaban J connectivity index is 1.97. The topological polar surface area (TPSA) is 75.4 Å². The average molecular weight is 296 g/mol. The Hall–Kier alpha value is -1.75. The summed E-state index contributed by atoms with van der Waals surface area (Å²) in [5.74, 6) is -0.127. The molecule has 1 aliphatic rings. The van der Waals surface area contributed by atoms with Crippen LogP contribution in [0.1, 0.15) is 30.1 Å². The molecule has 0 bridgehead atoms. The largest absolute Gasteiger partial charge is 0.397 e. The molecule has 0 spiro atoms. The maximum atomic E-state index is 12.1. The zero-order valence-electron chi connectivity index (χ0n) is 11.4. The highest BCUT2D eigenvalue weighted by molar-refractivity contribution is 6.33. The number of nitrogens with zero attached hydrogens (tertiary/aromatic N) is 1. The zero-order valence-corrected chi connectivity index (χ0v) is 12.1. The maximum absolute atomic E-state index is 12.1. The Morgan fingerprint density at radius 3 is 2.95 bits per heavy atom. The number of hydrogen-bond acceptors (Lipinski definition) is 3. The third kappa shape index (κ3) is 3.22. The number of hydrogen-bond donors (Lipinski definition) is 2. The van der Waals surface area contributed by atoms with Crippen LogP contribution in [0.15, 0.2) is 18.2 Å². The van der Waals surface area contributed by atoms with Crippen molar-refractivity contribution in [1.29, 1.82) is 0 Å². The molecule has 0 aromatic heterocycles. The van der Waals surface area contributed by atoms with Gasteiger partial charge in [-0.15, -0.1) is 0 Å². The Morgan fingerprint density at radius 1 is 1.55 bits per heavy atom. The highest BCUT2D eigenvalue weighted by atomic mass is 35.5. The highest BCUT2D eigenvalue weighted by Gasteiger charge is 2.23. The zero-order chi connectivity index (χ0) is 14.7. The Bertz CT molecular complexity index is 533. The molecule has 0 radical (unpaired) electrons. The predicted molar refractivity (Wildman–Crippen MR) is 78.6 cm³/mol. The maximum Gasteiger partial charge on any atom is 0.253 e. The number of carbonyl (C=O) groups is 2. The van der Waals surface area contributed by atoms with Gasteiger partial charge in [-0.2, -0.15) is 0 Å². The van der Waals surface area contributed by atoms with Crippen LogP contribution < -0.4 is 11.1 Å². The molecule has 1 saturated heterocycles.